The Morgan fingerprint density at radius 1 is 1.33 bits per heavy atom. The monoisotopic (exact) mass is 306 g/mol. The molecule has 2 aromatic heterocycles. The number of hydrogen-bond donors (Lipinski definition) is 0. The third-order valence-electron chi connectivity index (χ3n) is 3.82. The first-order valence-corrected chi connectivity index (χ1v) is 8.72. The van der Waals surface area contributed by atoms with Crippen molar-refractivity contribution >= 4 is 10.0 Å². The molecule has 0 N–H and O–H groups in total. The van der Waals surface area contributed by atoms with Gasteiger partial charge < -0.3 is 4.57 Å². The van der Waals surface area contributed by atoms with Gasteiger partial charge in [0.25, 0.3) is 0 Å². The fraction of sp³-hybridized carbons (Fsp3) is 0.429. The van der Waals surface area contributed by atoms with Crippen LogP contribution in [0.1, 0.15) is 24.6 Å². The van der Waals surface area contributed by atoms with Gasteiger partial charge in [-0.05, 0) is 25.0 Å². The first-order chi connectivity index (χ1) is 9.97. The SMILES string of the molecule is Cn1cncc1-c1cccc([C@@H]2CCCN2S(C)(=O)=O)n1. The summed E-state index contributed by atoms with van der Waals surface area (Å²) in [5, 5.41) is 0. The van der Waals surface area contributed by atoms with Crippen molar-refractivity contribution in [3.05, 3.63) is 36.4 Å². The average Bonchev–Trinajstić information content (AvgIpc) is 3.06. The number of imidazole rings is 1. The van der Waals surface area contributed by atoms with E-state index >= 15 is 0 Å². The van der Waals surface area contributed by atoms with Crippen LogP contribution in [0.4, 0.5) is 0 Å². The minimum Gasteiger partial charge on any atom is -0.332 e. The molecule has 1 aliphatic rings. The first kappa shape index (κ1) is 14.2. The van der Waals surface area contributed by atoms with Gasteiger partial charge >= 0.3 is 0 Å². The third kappa shape index (κ3) is 2.71. The topological polar surface area (TPSA) is 68.1 Å². The van der Waals surface area contributed by atoms with Gasteiger partial charge in [-0.3, -0.25) is 0 Å². The Morgan fingerprint density at radius 3 is 2.81 bits per heavy atom. The van der Waals surface area contributed by atoms with E-state index in [0.29, 0.717) is 6.54 Å². The third-order valence-corrected chi connectivity index (χ3v) is 5.11. The van der Waals surface area contributed by atoms with Gasteiger partial charge in [0, 0.05) is 13.6 Å². The van der Waals surface area contributed by atoms with Crippen LogP contribution < -0.4 is 0 Å². The molecule has 0 saturated carbocycles. The standard InChI is InChI=1S/C14H18N4O2S/c1-17-10-15-9-14(17)12-6-3-5-11(16-12)13-7-4-8-18(13)21(2,19)20/h3,5-6,9-10,13H,4,7-8H2,1-2H3/t13-/m0/s1. The van der Waals surface area contributed by atoms with Crippen LogP contribution in [-0.2, 0) is 17.1 Å². The predicted molar refractivity (Wildman–Crippen MR) is 80.0 cm³/mol. The highest BCUT2D eigenvalue weighted by molar-refractivity contribution is 7.88. The molecular formula is C14H18N4O2S. The number of nitrogens with zero attached hydrogens (tertiary/aromatic N) is 4. The number of aryl methyl sites for hydroxylation is 1. The molecule has 0 aliphatic carbocycles. The van der Waals surface area contributed by atoms with Crippen LogP contribution in [0.15, 0.2) is 30.7 Å². The lowest BCUT2D eigenvalue weighted by atomic mass is 10.1. The summed E-state index contributed by atoms with van der Waals surface area (Å²) in [6.45, 7) is 0.571. The summed E-state index contributed by atoms with van der Waals surface area (Å²) < 4.78 is 27.2. The second-order valence-corrected chi connectivity index (χ2v) is 7.30. The molecule has 3 heterocycles. The molecule has 6 nitrogen and oxygen atoms in total. The largest absolute Gasteiger partial charge is 0.332 e. The Hall–Kier alpha value is -1.73. The predicted octanol–water partition coefficient (Wildman–Crippen LogP) is 1.58. The summed E-state index contributed by atoms with van der Waals surface area (Å²) in [6.07, 6.45) is 6.43. The smallest absolute Gasteiger partial charge is 0.211 e. The van der Waals surface area contributed by atoms with Crippen LogP contribution in [0.5, 0.6) is 0 Å². The van der Waals surface area contributed by atoms with Crippen LogP contribution >= 0.6 is 0 Å². The summed E-state index contributed by atoms with van der Waals surface area (Å²) in [5.74, 6) is 0. The van der Waals surface area contributed by atoms with Gasteiger partial charge in [0.05, 0.1) is 41.9 Å². The summed E-state index contributed by atoms with van der Waals surface area (Å²) in [7, 11) is -1.29. The maximum absolute atomic E-state index is 11.9. The zero-order valence-corrected chi connectivity index (χ0v) is 12.9. The molecule has 1 saturated heterocycles. The van der Waals surface area contributed by atoms with E-state index in [0.717, 1.165) is 29.9 Å². The van der Waals surface area contributed by atoms with Gasteiger partial charge in [-0.25, -0.2) is 18.4 Å². The van der Waals surface area contributed by atoms with Gasteiger partial charge in [-0.1, -0.05) is 6.07 Å². The van der Waals surface area contributed by atoms with Crippen LogP contribution in [0.2, 0.25) is 0 Å². The van der Waals surface area contributed by atoms with Crippen LogP contribution in [0, 0.1) is 0 Å². The molecule has 1 aliphatic heterocycles. The van der Waals surface area contributed by atoms with Gasteiger partial charge in [0.1, 0.15) is 0 Å². The highest BCUT2D eigenvalue weighted by Gasteiger charge is 2.33. The molecule has 0 spiro atoms. The molecule has 0 radical (unpaired) electrons. The highest BCUT2D eigenvalue weighted by atomic mass is 32.2. The Morgan fingerprint density at radius 2 is 2.14 bits per heavy atom. The van der Waals surface area contributed by atoms with Crippen LogP contribution in [-0.4, -0.2) is 40.1 Å². The minimum atomic E-state index is -3.20. The van der Waals surface area contributed by atoms with E-state index in [9.17, 15) is 8.42 Å². The van der Waals surface area contributed by atoms with E-state index in [1.54, 1.807) is 16.8 Å². The van der Waals surface area contributed by atoms with Crippen molar-refractivity contribution in [3.63, 3.8) is 0 Å². The summed E-state index contributed by atoms with van der Waals surface area (Å²) in [6, 6.07) is 5.57. The normalized spacial score (nSPS) is 20.0. The first-order valence-electron chi connectivity index (χ1n) is 6.87. The Labute approximate surface area is 124 Å². The molecule has 0 unspecified atom stereocenters. The van der Waals surface area contributed by atoms with E-state index < -0.39 is 10.0 Å². The molecule has 2 aromatic rings. The lowest BCUT2D eigenvalue weighted by Gasteiger charge is -2.22. The summed E-state index contributed by atoms with van der Waals surface area (Å²) >= 11 is 0. The van der Waals surface area contributed by atoms with E-state index in [1.807, 2.05) is 29.8 Å². The second kappa shape index (κ2) is 5.23. The van der Waals surface area contributed by atoms with Crippen molar-refractivity contribution < 1.29 is 8.42 Å². The number of pyridine rings is 1. The van der Waals surface area contributed by atoms with Gasteiger partial charge in [-0.2, -0.15) is 4.31 Å². The zero-order valence-electron chi connectivity index (χ0n) is 12.1. The Bertz CT molecular complexity index is 754. The zero-order chi connectivity index (χ0) is 15.0. The van der Waals surface area contributed by atoms with Gasteiger partial charge in [0.15, 0.2) is 0 Å². The second-order valence-electron chi connectivity index (χ2n) is 5.37. The van der Waals surface area contributed by atoms with E-state index in [2.05, 4.69) is 9.97 Å². The average molecular weight is 306 g/mol. The molecule has 0 amide bonds. The van der Waals surface area contributed by atoms with E-state index in [1.165, 1.54) is 6.26 Å². The molecule has 1 atom stereocenters. The number of rotatable bonds is 3. The van der Waals surface area contributed by atoms with Crippen molar-refractivity contribution in [2.24, 2.45) is 7.05 Å². The summed E-state index contributed by atoms with van der Waals surface area (Å²) in [5.41, 5.74) is 2.53. The van der Waals surface area contributed by atoms with Gasteiger partial charge in [0.2, 0.25) is 10.0 Å². The quantitative estimate of drug-likeness (QED) is 0.863. The van der Waals surface area contributed by atoms with Crippen LogP contribution in [0.25, 0.3) is 11.4 Å². The lowest BCUT2D eigenvalue weighted by molar-refractivity contribution is 0.394. The molecular weight excluding hydrogens is 288 g/mol. The molecule has 21 heavy (non-hydrogen) atoms. The Balaban J connectivity index is 1.99. The number of sulfonamides is 1. The fourth-order valence-corrected chi connectivity index (χ4v) is 3.95. The number of aromatic nitrogens is 3. The summed E-state index contributed by atoms with van der Waals surface area (Å²) in [4.78, 5) is 8.75. The maximum Gasteiger partial charge on any atom is 0.211 e. The fourth-order valence-electron chi connectivity index (χ4n) is 2.82. The molecule has 3 rings (SSSR count). The lowest BCUT2D eigenvalue weighted by Crippen LogP contribution is -2.29. The molecule has 0 aromatic carbocycles. The minimum absolute atomic E-state index is 0.159. The molecule has 0 bridgehead atoms. The Kier molecular flexibility index (Phi) is 3.54. The number of hydrogen-bond acceptors (Lipinski definition) is 4. The van der Waals surface area contributed by atoms with Crippen molar-refractivity contribution in [2.45, 2.75) is 18.9 Å². The molecule has 1 fully saturated rings. The van der Waals surface area contributed by atoms with Crippen molar-refractivity contribution in [3.8, 4) is 11.4 Å². The molecule has 7 heteroatoms. The molecule has 112 valence electrons. The van der Waals surface area contributed by atoms with Crippen molar-refractivity contribution in [1.82, 2.24) is 18.8 Å². The van der Waals surface area contributed by atoms with Crippen LogP contribution in [0.3, 0.4) is 0 Å². The van der Waals surface area contributed by atoms with E-state index in [4.69, 9.17) is 0 Å². The maximum atomic E-state index is 11.9. The van der Waals surface area contributed by atoms with E-state index in [-0.39, 0.29) is 6.04 Å². The van der Waals surface area contributed by atoms with Crippen molar-refractivity contribution in [1.29, 1.82) is 0 Å². The van der Waals surface area contributed by atoms with Gasteiger partial charge in [-0.15, -0.1) is 0 Å². The van der Waals surface area contributed by atoms with Crippen molar-refractivity contribution in [2.75, 3.05) is 12.8 Å². The highest BCUT2D eigenvalue weighted by Crippen LogP contribution is 2.33.